The number of halogens is 1. The summed E-state index contributed by atoms with van der Waals surface area (Å²) in [7, 11) is 1.72. The third kappa shape index (κ3) is 6.66. The van der Waals surface area contributed by atoms with Crippen molar-refractivity contribution in [1.29, 1.82) is 0 Å². The number of likely N-dealkylation sites (N-methyl/N-ethyl adjacent to an activating group) is 1. The molecular formula is C28H39FN2O3. The van der Waals surface area contributed by atoms with Crippen LogP contribution in [0.1, 0.15) is 67.5 Å². The van der Waals surface area contributed by atoms with Crippen molar-refractivity contribution in [2.45, 2.75) is 73.4 Å². The second kappa shape index (κ2) is 12.1. The zero-order valence-electron chi connectivity index (χ0n) is 21.8. The van der Waals surface area contributed by atoms with Crippen LogP contribution in [0.25, 0.3) is 11.1 Å². The second-order valence-corrected chi connectivity index (χ2v) is 9.44. The Morgan fingerprint density at radius 3 is 2.26 bits per heavy atom. The average molecular weight is 471 g/mol. The molecule has 2 N–H and O–H groups in total. The van der Waals surface area contributed by atoms with E-state index in [1.807, 2.05) is 33.8 Å². The van der Waals surface area contributed by atoms with E-state index in [-0.39, 0.29) is 24.5 Å². The van der Waals surface area contributed by atoms with E-state index >= 15 is 4.39 Å². The van der Waals surface area contributed by atoms with Crippen LogP contribution in [-0.4, -0.2) is 31.6 Å². The van der Waals surface area contributed by atoms with Crippen LogP contribution in [0.4, 0.5) is 4.39 Å². The number of amides is 1. The minimum absolute atomic E-state index is 0.150. The van der Waals surface area contributed by atoms with Gasteiger partial charge in [0, 0.05) is 5.56 Å². The molecule has 2 rings (SSSR count). The van der Waals surface area contributed by atoms with Crippen LogP contribution < -0.4 is 10.6 Å². The third-order valence-electron chi connectivity index (χ3n) is 6.26. The van der Waals surface area contributed by atoms with Gasteiger partial charge in [-0.2, -0.15) is 0 Å². The molecule has 0 saturated heterocycles. The first-order valence-corrected chi connectivity index (χ1v) is 12.0. The van der Waals surface area contributed by atoms with Gasteiger partial charge in [0.2, 0.25) is 5.91 Å². The largest absolute Gasteiger partial charge is 0.466 e. The van der Waals surface area contributed by atoms with E-state index in [2.05, 4.69) is 29.7 Å². The number of nitrogens with one attached hydrogen (secondary N) is 2. The van der Waals surface area contributed by atoms with Gasteiger partial charge in [0.25, 0.3) is 0 Å². The van der Waals surface area contributed by atoms with Crippen LogP contribution in [0.2, 0.25) is 0 Å². The average Bonchev–Trinajstić information content (AvgIpc) is 2.76. The summed E-state index contributed by atoms with van der Waals surface area (Å²) in [5, 5.41) is 5.95. The predicted molar refractivity (Wildman–Crippen MR) is 135 cm³/mol. The lowest BCUT2D eigenvalue weighted by molar-refractivity contribution is -0.143. The van der Waals surface area contributed by atoms with Gasteiger partial charge in [0.05, 0.1) is 25.1 Å². The molecule has 0 aliphatic heterocycles. The van der Waals surface area contributed by atoms with E-state index in [1.54, 1.807) is 27.0 Å². The number of hydrogen-bond acceptors (Lipinski definition) is 4. The molecule has 1 amide bonds. The number of hydrogen-bond donors (Lipinski definition) is 2. The molecule has 0 aliphatic rings. The minimum atomic E-state index is -0.848. The summed E-state index contributed by atoms with van der Waals surface area (Å²) < 4.78 is 20.6. The van der Waals surface area contributed by atoms with Gasteiger partial charge >= 0.3 is 5.97 Å². The van der Waals surface area contributed by atoms with Crippen LogP contribution >= 0.6 is 0 Å². The second-order valence-electron chi connectivity index (χ2n) is 9.44. The molecule has 0 fully saturated rings. The van der Waals surface area contributed by atoms with Crippen molar-refractivity contribution in [2.75, 3.05) is 13.7 Å². The molecule has 34 heavy (non-hydrogen) atoms. The zero-order valence-corrected chi connectivity index (χ0v) is 21.8. The van der Waals surface area contributed by atoms with E-state index in [1.165, 1.54) is 0 Å². The highest BCUT2D eigenvalue weighted by molar-refractivity contribution is 5.83. The van der Waals surface area contributed by atoms with Crippen LogP contribution in [-0.2, 0) is 14.3 Å². The third-order valence-corrected chi connectivity index (χ3v) is 6.26. The molecule has 0 spiro atoms. The maximum Gasteiger partial charge on any atom is 0.308 e. The van der Waals surface area contributed by atoms with E-state index in [0.29, 0.717) is 17.9 Å². The standard InChI is InChI=1S/C28H39FN2O3/c1-9-34-25(32)15-23(31-28(33)24(30-8)12-16(2)3)22-14-21(13-19(6)27(22)29)26-18(5)11-10-17(4)20(26)7/h10-11,13-14,16,23-24,30H,9,12,15H2,1-8H3,(H,31,33)/t23-,24?/m0/s1. The maximum atomic E-state index is 15.5. The first-order valence-electron chi connectivity index (χ1n) is 12.0. The molecule has 6 heteroatoms. The Bertz CT molecular complexity index is 1030. The Morgan fingerprint density at radius 1 is 1.03 bits per heavy atom. The van der Waals surface area contributed by atoms with Crippen molar-refractivity contribution in [2.24, 2.45) is 5.92 Å². The van der Waals surface area contributed by atoms with Gasteiger partial charge < -0.3 is 15.4 Å². The Kier molecular flexibility index (Phi) is 9.80. The Labute approximate surface area is 203 Å². The lowest BCUT2D eigenvalue weighted by atomic mass is 9.89. The highest BCUT2D eigenvalue weighted by Gasteiger charge is 2.27. The molecule has 2 aromatic carbocycles. The number of rotatable bonds is 10. The van der Waals surface area contributed by atoms with Crippen molar-refractivity contribution in [3.8, 4) is 11.1 Å². The fraction of sp³-hybridized carbons (Fsp3) is 0.500. The molecule has 1 unspecified atom stereocenters. The van der Waals surface area contributed by atoms with Crippen LogP contribution in [0, 0.1) is 39.4 Å². The normalized spacial score (nSPS) is 13.0. The molecule has 2 atom stereocenters. The summed E-state index contributed by atoms with van der Waals surface area (Å²) in [6.07, 6.45) is 0.473. The summed E-state index contributed by atoms with van der Waals surface area (Å²) in [6.45, 7) is 13.8. The van der Waals surface area contributed by atoms with Crippen molar-refractivity contribution in [3.63, 3.8) is 0 Å². The fourth-order valence-electron chi connectivity index (χ4n) is 4.32. The number of aryl methyl sites for hydroxylation is 3. The van der Waals surface area contributed by atoms with Crippen molar-refractivity contribution in [1.82, 2.24) is 10.6 Å². The van der Waals surface area contributed by atoms with Crippen molar-refractivity contribution in [3.05, 3.63) is 57.9 Å². The SMILES string of the molecule is CCOC(=O)C[C@H](NC(=O)C(CC(C)C)NC)c1cc(-c2c(C)ccc(C)c2C)cc(C)c1F. The fourth-order valence-corrected chi connectivity index (χ4v) is 4.32. The van der Waals surface area contributed by atoms with E-state index in [4.69, 9.17) is 4.74 Å². The quantitative estimate of drug-likeness (QED) is 0.452. The molecule has 186 valence electrons. The van der Waals surface area contributed by atoms with Crippen LogP contribution in [0.3, 0.4) is 0 Å². The Hall–Kier alpha value is -2.73. The minimum Gasteiger partial charge on any atom is -0.466 e. The summed E-state index contributed by atoms with van der Waals surface area (Å²) in [5.41, 5.74) is 6.00. The van der Waals surface area contributed by atoms with Gasteiger partial charge in [-0.25, -0.2) is 4.39 Å². The molecule has 0 aromatic heterocycles. The molecule has 2 aromatic rings. The smallest absolute Gasteiger partial charge is 0.308 e. The highest BCUT2D eigenvalue weighted by Crippen LogP contribution is 2.34. The van der Waals surface area contributed by atoms with Crippen molar-refractivity contribution >= 4 is 11.9 Å². The molecule has 5 nitrogen and oxygen atoms in total. The number of carbonyl (C=O) groups excluding carboxylic acids is 2. The molecule has 0 radical (unpaired) electrons. The first-order chi connectivity index (χ1) is 16.0. The van der Waals surface area contributed by atoms with Gasteiger partial charge in [-0.15, -0.1) is 0 Å². The number of benzene rings is 2. The Balaban J connectivity index is 2.58. The number of carbonyl (C=O) groups is 2. The van der Waals surface area contributed by atoms with Crippen LogP contribution in [0.15, 0.2) is 24.3 Å². The van der Waals surface area contributed by atoms with Gasteiger partial charge in [-0.1, -0.05) is 26.0 Å². The van der Waals surface area contributed by atoms with Gasteiger partial charge in [0.15, 0.2) is 0 Å². The van der Waals surface area contributed by atoms with E-state index in [0.717, 1.165) is 27.8 Å². The summed E-state index contributed by atoms with van der Waals surface area (Å²) >= 11 is 0. The van der Waals surface area contributed by atoms with Crippen molar-refractivity contribution < 1.29 is 18.7 Å². The van der Waals surface area contributed by atoms with E-state index < -0.39 is 23.9 Å². The summed E-state index contributed by atoms with van der Waals surface area (Å²) in [5.74, 6) is -0.883. The first kappa shape index (κ1) is 27.5. The summed E-state index contributed by atoms with van der Waals surface area (Å²) in [6, 6.07) is 6.42. The lowest BCUT2D eigenvalue weighted by Gasteiger charge is -2.25. The van der Waals surface area contributed by atoms with Crippen LogP contribution in [0.5, 0.6) is 0 Å². The number of ether oxygens (including phenoxy) is 1. The lowest BCUT2D eigenvalue weighted by Crippen LogP contribution is -2.45. The van der Waals surface area contributed by atoms with Gasteiger partial charge in [-0.05, 0) is 99.5 Å². The van der Waals surface area contributed by atoms with Gasteiger partial charge in [0.1, 0.15) is 5.82 Å². The molecule has 0 bridgehead atoms. The maximum absolute atomic E-state index is 15.5. The Morgan fingerprint density at radius 2 is 1.68 bits per heavy atom. The van der Waals surface area contributed by atoms with Gasteiger partial charge in [-0.3, -0.25) is 9.59 Å². The monoisotopic (exact) mass is 470 g/mol. The number of esters is 1. The summed E-state index contributed by atoms with van der Waals surface area (Å²) in [4.78, 5) is 25.5. The zero-order chi connectivity index (χ0) is 25.6. The van der Waals surface area contributed by atoms with E-state index in [9.17, 15) is 9.59 Å². The topological polar surface area (TPSA) is 67.4 Å². The predicted octanol–water partition coefficient (Wildman–Crippen LogP) is 5.47. The molecular weight excluding hydrogens is 431 g/mol. The highest BCUT2D eigenvalue weighted by atomic mass is 19.1. The molecule has 0 heterocycles. The molecule has 0 saturated carbocycles. The molecule has 0 aliphatic carbocycles.